The fraction of sp³-hybridized carbons (Fsp3) is 0.524. The van der Waals surface area contributed by atoms with Crippen LogP contribution in [0.15, 0.2) is 23.6 Å². The summed E-state index contributed by atoms with van der Waals surface area (Å²) in [6, 6.07) is 6.67. The Bertz CT molecular complexity index is 812. The van der Waals surface area contributed by atoms with Crippen molar-refractivity contribution in [2.75, 3.05) is 32.1 Å². The van der Waals surface area contributed by atoms with E-state index in [1.54, 1.807) is 7.11 Å². The van der Waals surface area contributed by atoms with Crippen LogP contribution in [0.2, 0.25) is 0 Å². The van der Waals surface area contributed by atoms with Crippen molar-refractivity contribution >= 4 is 34.8 Å². The van der Waals surface area contributed by atoms with E-state index in [2.05, 4.69) is 33.8 Å². The van der Waals surface area contributed by atoms with E-state index < -0.39 is 5.41 Å². The van der Waals surface area contributed by atoms with E-state index in [1.807, 2.05) is 5.38 Å². The number of nitrogens with zero attached hydrogens (tertiary/aromatic N) is 1. The lowest BCUT2D eigenvalue weighted by Crippen LogP contribution is -2.47. The lowest BCUT2D eigenvalue weighted by atomic mass is 9.79. The van der Waals surface area contributed by atoms with Crippen LogP contribution < -0.4 is 10.6 Å². The number of carbonyl (C=O) groups is 1. The molecule has 2 N–H and O–H groups in total. The van der Waals surface area contributed by atoms with Crippen molar-refractivity contribution in [2.45, 2.75) is 38.5 Å². The average molecular weight is 422 g/mol. The zero-order valence-electron chi connectivity index (χ0n) is 16.3. The summed E-state index contributed by atoms with van der Waals surface area (Å²) >= 11 is 1.49. The third-order valence-corrected chi connectivity index (χ3v) is 6.59. The number of halogens is 1. The number of piperidine rings is 1. The molecule has 2 aromatic rings. The minimum absolute atomic E-state index is 0. The van der Waals surface area contributed by atoms with Crippen LogP contribution in [-0.4, -0.2) is 37.7 Å². The first-order chi connectivity index (χ1) is 13.2. The molecule has 2 heterocycles. The molecule has 1 amide bonds. The molecular formula is C21H28ClN3O2S. The van der Waals surface area contributed by atoms with E-state index in [9.17, 15) is 4.79 Å². The second kappa shape index (κ2) is 9.35. The second-order valence-electron chi connectivity index (χ2n) is 7.65. The number of amides is 1. The summed E-state index contributed by atoms with van der Waals surface area (Å²) in [7, 11) is 1.66. The summed E-state index contributed by atoms with van der Waals surface area (Å²) < 4.78 is 5.37. The zero-order valence-corrected chi connectivity index (χ0v) is 17.9. The Labute approximate surface area is 176 Å². The molecule has 1 aromatic carbocycles. The molecule has 0 saturated carbocycles. The smallest absolute Gasteiger partial charge is 0.234 e. The molecule has 0 atom stereocenters. The minimum atomic E-state index is -0.461. The topological polar surface area (TPSA) is 63.2 Å². The summed E-state index contributed by atoms with van der Waals surface area (Å²) in [4.78, 5) is 17.7. The third kappa shape index (κ3) is 4.40. The van der Waals surface area contributed by atoms with Crippen LogP contribution in [0.1, 0.15) is 36.8 Å². The Balaban J connectivity index is 0.00000225. The molecule has 4 rings (SSSR count). The van der Waals surface area contributed by atoms with Crippen LogP contribution in [0.25, 0.3) is 11.3 Å². The van der Waals surface area contributed by atoms with E-state index in [0.717, 1.165) is 43.6 Å². The number of aromatic nitrogens is 1. The molecule has 0 bridgehead atoms. The number of nitrogens with one attached hydrogen (secondary N) is 2. The average Bonchev–Trinajstić information content (AvgIpc) is 3.17. The van der Waals surface area contributed by atoms with Gasteiger partial charge in [-0.3, -0.25) is 4.79 Å². The number of rotatable bonds is 5. The van der Waals surface area contributed by atoms with Crippen molar-refractivity contribution in [1.82, 2.24) is 10.3 Å². The van der Waals surface area contributed by atoms with Crippen LogP contribution in [0.5, 0.6) is 0 Å². The molecule has 0 unspecified atom stereocenters. The lowest BCUT2D eigenvalue weighted by Gasteiger charge is -2.35. The SMILES string of the molecule is COCC1(C(=O)Nc2nc(-c3ccc4c(c3)CCCC4)cs2)CCNCC1.Cl. The van der Waals surface area contributed by atoms with Gasteiger partial charge in [0.1, 0.15) is 0 Å². The van der Waals surface area contributed by atoms with Gasteiger partial charge in [0.2, 0.25) is 5.91 Å². The van der Waals surface area contributed by atoms with Gasteiger partial charge in [-0.05, 0) is 68.8 Å². The van der Waals surface area contributed by atoms with Crippen molar-refractivity contribution in [3.05, 3.63) is 34.7 Å². The maximum absolute atomic E-state index is 13.0. The van der Waals surface area contributed by atoms with E-state index in [-0.39, 0.29) is 18.3 Å². The Morgan fingerprint density at radius 2 is 2.00 bits per heavy atom. The molecule has 0 spiro atoms. The van der Waals surface area contributed by atoms with Gasteiger partial charge in [-0.2, -0.15) is 0 Å². The Morgan fingerprint density at radius 3 is 2.75 bits per heavy atom. The largest absolute Gasteiger partial charge is 0.384 e. The number of methoxy groups -OCH3 is 1. The van der Waals surface area contributed by atoms with Crippen molar-refractivity contribution in [3.63, 3.8) is 0 Å². The number of carbonyl (C=O) groups excluding carboxylic acids is 1. The molecule has 7 heteroatoms. The minimum Gasteiger partial charge on any atom is -0.384 e. The highest BCUT2D eigenvalue weighted by Crippen LogP contribution is 2.33. The number of aryl methyl sites for hydroxylation is 2. The monoisotopic (exact) mass is 421 g/mol. The molecule has 152 valence electrons. The molecular weight excluding hydrogens is 394 g/mol. The van der Waals surface area contributed by atoms with Crippen molar-refractivity contribution in [1.29, 1.82) is 0 Å². The number of thiazole rings is 1. The number of benzene rings is 1. The second-order valence-corrected chi connectivity index (χ2v) is 8.50. The molecule has 28 heavy (non-hydrogen) atoms. The highest BCUT2D eigenvalue weighted by Gasteiger charge is 2.40. The number of ether oxygens (including phenoxy) is 1. The van der Waals surface area contributed by atoms with Gasteiger partial charge >= 0.3 is 0 Å². The molecule has 1 fully saturated rings. The normalized spacial score (nSPS) is 18.0. The third-order valence-electron chi connectivity index (χ3n) is 5.83. The Kier molecular flexibility index (Phi) is 7.10. The summed E-state index contributed by atoms with van der Waals surface area (Å²) in [5.74, 6) is 0.0252. The first kappa shape index (κ1) is 21.2. The van der Waals surface area contributed by atoms with Gasteiger partial charge in [0.25, 0.3) is 0 Å². The summed E-state index contributed by atoms with van der Waals surface area (Å²) in [5.41, 5.74) is 4.54. The summed E-state index contributed by atoms with van der Waals surface area (Å²) in [6.45, 7) is 2.13. The van der Waals surface area contributed by atoms with Gasteiger partial charge in [0, 0.05) is 18.1 Å². The van der Waals surface area contributed by atoms with E-state index in [0.29, 0.717) is 11.7 Å². The fourth-order valence-corrected chi connectivity index (χ4v) is 4.92. The molecule has 0 radical (unpaired) electrons. The number of anilines is 1. The standard InChI is InChI=1S/C21H27N3O2S.ClH/c1-26-14-21(8-10-22-11-9-21)19(25)24-20-23-18(13-27-20)17-7-6-15-4-2-3-5-16(15)12-17;/h6-7,12-13,22H,2-5,8-11,14H2,1H3,(H,23,24,25);1H. The van der Waals surface area contributed by atoms with Gasteiger partial charge in [0.05, 0.1) is 17.7 Å². The molecule has 2 aliphatic rings. The molecule has 1 aromatic heterocycles. The Hall–Kier alpha value is -1.47. The lowest BCUT2D eigenvalue weighted by molar-refractivity contribution is -0.130. The fourth-order valence-electron chi connectivity index (χ4n) is 4.20. The van der Waals surface area contributed by atoms with Crippen LogP contribution in [0.4, 0.5) is 5.13 Å². The molecule has 1 saturated heterocycles. The number of hydrogen-bond acceptors (Lipinski definition) is 5. The predicted molar refractivity (Wildman–Crippen MR) is 116 cm³/mol. The van der Waals surface area contributed by atoms with Crippen molar-refractivity contribution in [3.8, 4) is 11.3 Å². The van der Waals surface area contributed by atoms with Crippen LogP contribution in [-0.2, 0) is 22.4 Å². The highest BCUT2D eigenvalue weighted by molar-refractivity contribution is 7.14. The van der Waals surface area contributed by atoms with Crippen molar-refractivity contribution in [2.24, 2.45) is 5.41 Å². The van der Waals surface area contributed by atoms with Gasteiger partial charge < -0.3 is 15.4 Å². The Morgan fingerprint density at radius 1 is 1.25 bits per heavy atom. The molecule has 1 aliphatic heterocycles. The summed E-state index contributed by atoms with van der Waals surface area (Å²) in [6.07, 6.45) is 6.48. The predicted octanol–water partition coefficient (Wildman–Crippen LogP) is 4.07. The molecule has 5 nitrogen and oxygen atoms in total. The first-order valence-corrected chi connectivity index (χ1v) is 10.7. The van der Waals surface area contributed by atoms with E-state index in [4.69, 9.17) is 4.74 Å². The van der Waals surface area contributed by atoms with Gasteiger partial charge in [0.15, 0.2) is 5.13 Å². The van der Waals surface area contributed by atoms with Crippen LogP contribution in [0, 0.1) is 5.41 Å². The maximum Gasteiger partial charge on any atom is 0.234 e. The quantitative estimate of drug-likeness (QED) is 0.763. The van der Waals surface area contributed by atoms with Crippen LogP contribution in [0.3, 0.4) is 0 Å². The molecule has 1 aliphatic carbocycles. The van der Waals surface area contributed by atoms with Gasteiger partial charge in [-0.15, -0.1) is 23.7 Å². The van der Waals surface area contributed by atoms with Gasteiger partial charge in [-0.1, -0.05) is 12.1 Å². The summed E-state index contributed by atoms with van der Waals surface area (Å²) in [5, 5.41) is 9.07. The van der Waals surface area contributed by atoms with Crippen LogP contribution >= 0.6 is 23.7 Å². The van der Waals surface area contributed by atoms with Crippen molar-refractivity contribution < 1.29 is 9.53 Å². The number of hydrogen-bond donors (Lipinski definition) is 2. The highest BCUT2D eigenvalue weighted by atomic mass is 35.5. The van der Waals surface area contributed by atoms with Gasteiger partial charge in [-0.25, -0.2) is 4.98 Å². The number of fused-ring (bicyclic) bond motifs is 1. The van der Waals surface area contributed by atoms with E-state index >= 15 is 0 Å². The van der Waals surface area contributed by atoms with E-state index in [1.165, 1.54) is 41.7 Å². The maximum atomic E-state index is 13.0. The first-order valence-electron chi connectivity index (χ1n) is 9.79. The zero-order chi connectivity index (χ0) is 18.7.